The van der Waals surface area contributed by atoms with Crippen LogP contribution >= 0.6 is 0 Å². The molecule has 0 radical (unpaired) electrons. The number of unbranched alkanes of at least 4 members (excludes halogenated alkanes) is 1. The minimum Gasteiger partial charge on any atom is -0.389 e. The van der Waals surface area contributed by atoms with Gasteiger partial charge in [0.2, 0.25) is 0 Å². The molecule has 0 saturated carbocycles. The van der Waals surface area contributed by atoms with Crippen LogP contribution in [0, 0.1) is 5.41 Å². The van der Waals surface area contributed by atoms with Gasteiger partial charge in [-0.25, -0.2) is 0 Å². The van der Waals surface area contributed by atoms with E-state index in [9.17, 15) is 5.11 Å². The molecule has 0 bridgehead atoms. The van der Waals surface area contributed by atoms with Gasteiger partial charge in [-0.1, -0.05) is 46.3 Å². The zero-order valence-corrected chi connectivity index (χ0v) is 9.84. The molecular weight excluding hydrogens is 172 g/mol. The van der Waals surface area contributed by atoms with E-state index < -0.39 is 0 Å². The maximum atomic E-state index is 9.77. The molecule has 82 valence electrons. The Morgan fingerprint density at radius 3 is 2.50 bits per heavy atom. The summed E-state index contributed by atoms with van der Waals surface area (Å²) in [5.41, 5.74) is 0.980. The number of hydrogen-bond acceptors (Lipinski definition) is 1. The van der Waals surface area contributed by atoms with E-state index in [0.29, 0.717) is 0 Å². The van der Waals surface area contributed by atoms with Gasteiger partial charge in [0.1, 0.15) is 0 Å². The van der Waals surface area contributed by atoms with Crippen LogP contribution in [-0.2, 0) is 0 Å². The summed E-state index contributed by atoms with van der Waals surface area (Å²) in [5.74, 6) is 0. The van der Waals surface area contributed by atoms with Crippen molar-refractivity contribution in [2.75, 3.05) is 0 Å². The van der Waals surface area contributed by atoms with Gasteiger partial charge in [-0.2, -0.15) is 0 Å². The van der Waals surface area contributed by atoms with E-state index in [1.807, 2.05) is 6.08 Å². The van der Waals surface area contributed by atoms with E-state index in [4.69, 9.17) is 0 Å². The van der Waals surface area contributed by atoms with E-state index in [0.717, 1.165) is 31.3 Å². The molecule has 0 aromatic heterocycles. The Morgan fingerprint density at radius 1 is 1.50 bits per heavy atom. The third-order valence-corrected chi connectivity index (χ3v) is 2.54. The summed E-state index contributed by atoms with van der Waals surface area (Å²) in [6, 6.07) is 0. The average Bonchev–Trinajstić information content (AvgIpc) is 2.13. The lowest BCUT2D eigenvalue weighted by atomic mass is 9.84. The lowest BCUT2D eigenvalue weighted by Crippen LogP contribution is -2.16. The van der Waals surface area contributed by atoms with E-state index in [1.165, 1.54) is 0 Å². The maximum absolute atomic E-state index is 9.77. The Balaban J connectivity index is 4.01. The van der Waals surface area contributed by atoms with Crippen LogP contribution in [0.25, 0.3) is 0 Å². The fourth-order valence-electron chi connectivity index (χ4n) is 1.38. The van der Waals surface area contributed by atoms with Gasteiger partial charge in [-0.05, 0) is 23.8 Å². The predicted molar refractivity (Wildman–Crippen MR) is 63.3 cm³/mol. The Hall–Kier alpha value is -0.560. The summed E-state index contributed by atoms with van der Waals surface area (Å²) in [6.07, 6.45) is 5.42. The van der Waals surface area contributed by atoms with Gasteiger partial charge in [0.15, 0.2) is 0 Å². The molecule has 0 saturated heterocycles. The second-order valence-electron chi connectivity index (χ2n) is 4.69. The molecule has 0 aliphatic heterocycles. The average molecular weight is 196 g/mol. The van der Waals surface area contributed by atoms with Gasteiger partial charge < -0.3 is 5.11 Å². The highest BCUT2D eigenvalue weighted by Crippen LogP contribution is 2.27. The van der Waals surface area contributed by atoms with E-state index in [1.54, 1.807) is 0 Å². The summed E-state index contributed by atoms with van der Waals surface area (Å²) < 4.78 is 0. The standard InChI is InChI=1S/C13H24O/c1-6-8-9-12(14)11(3)10-13(4,5)7-2/h7,12,14H,2-3,6,8-10H2,1,4-5H3. The first-order valence-electron chi connectivity index (χ1n) is 5.42. The molecule has 0 fully saturated rings. The molecule has 0 aromatic rings. The molecule has 0 rings (SSSR count). The van der Waals surface area contributed by atoms with Crippen molar-refractivity contribution >= 4 is 0 Å². The fraction of sp³-hybridized carbons (Fsp3) is 0.692. The van der Waals surface area contributed by atoms with Gasteiger partial charge in [-0.15, -0.1) is 6.58 Å². The molecule has 0 aliphatic carbocycles. The number of allylic oxidation sites excluding steroid dienone is 1. The van der Waals surface area contributed by atoms with Gasteiger partial charge in [0, 0.05) is 0 Å². The van der Waals surface area contributed by atoms with Gasteiger partial charge in [0.25, 0.3) is 0 Å². The second-order valence-corrected chi connectivity index (χ2v) is 4.69. The van der Waals surface area contributed by atoms with Crippen LogP contribution in [0.2, 0.25) is 0 Å². The summed E-state index contributed by atoms with van der Waals surface area (Å²) in [4.78, 5) is 0. The Labute approximate surface area is 88.5 Å². The molecule has 1 heteroatoms. The zero-order chi connectivity index (χ0) is 11.2. The smallest absolute Gasteiger partial charge is 0.0747 e. The molecule has 0 spiro atoms. The monoisotopic (exact) mass is 196 g/mol. The van der Waals surface area contributed by atoms with Crippen molar-refractivity contribution in [1.29, 1.82) is 0 Å². The summed E-state index contributed by atoms with van der Waals surface area (Å²) in [5, 5.41) is 9.77. The quantitative estimate of drug-likeness (QED) is 0.616. The van der Waals surface area contributed by atoms with Gasteiger partial charge >= 0.3 is 0 Å². The SMILES string of the molecule is C=CC(C)(C)CC(=C)C(O)CCCC. The van der Waals surface area contributed by atoms with Crippen molar-refractivity contribution in [3.05, 3.63) is 24.8 Å². The minimum atomic E-state index is -0.339. The van der Waals surface area contributed by atoms with E-state index in [-0.39, 0.29) is 11.5 Å². The van der Waals surface area contributed by atoms with Crippen molar-refractivity contribution in [2.24, 2.45) is 5.41 Å². The van der Waals surface area contributed by atoms with Crippen LogP contribution in [0.3, 0.4) is 0 Å². The highest BCUT2D eigenvalue weighted by molar-refractivity contribution is 5.08. The summed E-state index contributed by atoms with van der Waals surface area (Å²) in [7, 11) is 0. The third kappa shape index (κ3) is 5.23. The molecule has 0 aromatic carbocycles. The first kappa shape index (κ1) is 13.4. The summed E-state index contributed by atoms with van der Waals surface area (Å²) >= 11 is 0. The minimum absolute atomic E-state index is 0.0459. The molecule has 1 nitrogen and oxygen atoms in total. The Bertz CT molecular complexity index is 191. The lowest BCUT2D eigenvalue weighted by Gasteiger charge is -2.23. The molecular formula is C13H24O. The van der Waals surface area contributed by atoms with Crippen molar-refractivity contribution < 1.29 is 5.11 Å². The Kier molecular flexibility index (Phi) is 5.78. The first-order valence-corrected chi connectivity index (χ1v) is 5.42. The van der Waals surface area contributed by atoms with Crippen LogP contribution in [0.4, 0.5) is 0 Å². The highest BCUT2D eigenvalue weighted by atomic mass is 16.3. The maximum Gasteiger partial charge on any atom is 0.0747 e. The van der Waals surface area contributed by atoms with E-state index >= 15 is 0 Å². The largest absolute Gasteiger partial charge is 0.389 e. The van der Waals surface area contributed by atoms with Crippen LogP contribution in [0.15, 0.2) is 24.8 Å². The third-order valence-electron chi connectivity index (χ3n) is 2.54. The van der Waals surface area contributed by atoms with Crippen molar-refractivity contribution in [3.63, 3.8) is 0 Å². The Morgan fingerprint density at radius 2 is 2.07 bits per heavy atom. The van der Waals surface area contributed by atoms with Crippen molar-refractivity contribution in [1.82, 2.24) is 0 Å². The molecule has 1 atom stereocenters. The van der Waals surface area contributed by atoms with Gasteiger partial charge in [0.05, 0.1) is 6.10 Å². The second kappa shape index (κ2) is 6.02. The number of rotatable bonds is 7. The van der Waals surface area contributed by atoms with Crippen molar-refractivity contribution in [2.45, 2.75) is 52.6 Å². The van der Waals surface area contributed by atoms with Crippen LogP contribution in [0.5, 0.6) is 0 Å². The van der Waals surface area contributed by atoms with Crippen LogP contribution in [0.1, 0.15) is 46.5 Å². The van der Waals surface area contributed by atoms with Crippen LogP contribution < -0.4 is 0 Å². The molecule has 0 amide bonds. The number of aliphatic hydroxyl groups excluding tert-OH is 1. The molecule has 1 N–H and O–H groups in total. The topological polar surface area (TPSA) is 20.2 Å². The first-order chi connectivity index (χ1) is 6.43. The number of aliphatic hydroxyl groups is 1. The number of hydrogen-bond donors (Lipinski definition) is 1. The van der Waals surface area contributed by atoms with Gasteiger partial charge in [-0.3, -0.25) is 0 Å². The molecule has 0 heterocycles. The zero-order valence-electron chi connectivity index (χ0n) is 9.84. The highest BCUT2D eigenvalue weighted by Gasteiger charge is 2.18. The van der Waals surface area contributed by atoms with E-state index in [2.05, 4.69) is 33.9 Å². The van der Waals surface area contributed by atoms with Crippen molar-refractivity contribution in [3.8, 4) is 0 Å². The summed E-state index contributed by atoms with van der Waals surface area (Å²) in [6.45, 7) is 14.1. The molecule has 14 heavy (non-hydrogen) atoms. The normalized spacial score (nSPS) is 13.7. The fourth-order valence-corrected chi connectivity index (χ4v) is 1.38. The predicted octanol–water partition coefficient (Wildman–Crippen LogP) is 3.70. The molecule has 1 unspecified atom stereocenters. The lowest BCUT2D eigenvalue weighted by molar-refractivity contribution is 0.187. The van der Waals surface area contributed by atoms with Crippen LogP contribution in [-0.4, -0.2) is 11.2 Å². The molecule has 0 aliphatic rings.